The van der Waals surface area contributed by atoms with Crippen molar-refractivity contribution >= 4 is 64.3 Å². The van der Waals surface area contributed by atoms with E-state index >= 15 is 0 Å². The Labute approximate surface area is 347 Å². The lowest BCUT2D eigenvalue weighted by atomic mass is 10.0. The molecular formula is C41H53N11O8. The number of rotatable bonds is 17. The van der Waals surface area contributed by atoms with E-state index in [1.165, 1.54) is 26.2 Å². The van der Waals surface area contributed by atoms with Gasteiger partial charge in [0, 0.05) is 23.4 Å². The van der Waals surface area contributed by atoms with Gasteiger partial charge in [0.05, 0.1) is 19.0 Å². The van der Waals surface area contributed by atoms with Gasteiger partial charge in [-0.2, -0.15) is 9.97 Å². The van der Waals surface area contributed by atoms with E-state index in [1.54, 1.807) is 65.1 Å². The molecule has 4 rings (SSSR count). The molecule has 0 aliphatic carbocycles. The largest absolute Gasteiger partial charge is 0.467 e. The third-order valence-electron chi connectivity index (χ3n) is 8.92. The molecule has 0 fully saturated rings. The summed E-state index contributed by atoms with van der Waals surface area (Å²) in [6, 6.07) is 10.2. The van der Waals surface area contributed by atoms with Crippen LogP contribution in [0.15, 0.2) is 54.7 Å². The molecule has 0 aliphatic rings. The summed E-state index contributed by atoms with van der Waals surface area (Å²) in [7, 11) is 1.23. The van der Waals surface area contributed by atoms with Gasteiger partial charge in [0.15, 0.2) is 17.0 Å². The number of carbonyl (C=O) groups is 6. The van der Waals surface area contributed by atoms with E-state index in [0.717, 1.165) is 5.56 Å². The third-order valence-corrected chi connectivity index (χ3v) is 8.92. The summed E-state index contributed by atoms with van der Waals surface area (Å²) in [5.41, 5.74) is 14.2. The van der Waals surface area contributed by atoms with Gasteiger partial charge in [-0.1, -0.05) is 26.0 Å². The van der Waals surface area contributed by atoms with E-state index in [4.69, 9.17) is 20.9 Å². The molecule has 0 spiro atoms. The molecule has 0 radical (unpaired) electrons. The number of amides is 5. The topological polar surface area (TPSA) is 285 Å². The molecular weight excluding hydrogens is 775 g/mol. The third kappa shape index (κ3) is 13.6. The number of methoxy groups -OCH3 is 1. The number of nitrogens with two attached hydrogens (primary N) is 2. The first kappa shape index (κ1) is 45.8. The number of esters is 1. The van der Waals surface area contributed by atoms with Gasteiger partial charge >= 0.3 is 12.1 Å². The highest BCUT2D eigenvalue weighted by atomic mass is 16.6. The van der Waals surface area contributed by atoms with Crippen molar-refractivity contribution in [3.8, 4) is 0 Å². The van der Waals surface area contributed by atoms with Crippen LogP contribution in [0.3, 0.4) is 0 Å². The quantitative estimate of drug-likeness (QED) is 0.0596. The molecule has 3 atom stereocenters. The van der Waals surface area contributed by atoms with Crippen LogP contribution >= 0.6 is 0 Å². The molecule has 2 heterocycles. The fraction of sp³-hybridized carbons (Fsp3) is 0.415. The number of carbonyl (C=O) groups excluding carboxylic acids is 6. The first-order valence-corrected chi connectivity index (χ1v) is 19.3. The minimum Gasteiger partial charge on any atom is -0.467 e. The second kappa shape index (κ2) is 20.7. The molecule has 2 aromatic heterocycles. The van der Waals surface area contributed by atoms with Crippen LogP contribution in [0.5, 0.6) is 0 Å². The number of ether oxygens (including phenoxy) is 2. The van der Waals surface area contributed by atoms with Gasteiger partial charge in [0.25, 0.3) is 11.8 Å². The molecule has 0 unspecified atom stereocenters. The highest BCUT2D eigenvalue weighted by Gasteiger charge is 2.29. The number of nitrogens with zero attached hydrogens (tertiary/aromatic N) is 4. The second-order valence-corrected chi connectivity index (χ2v) is 15.3. The fourth-order valence-corrected chi connectivity index (χ4v) is 5.74. The number of anilines is 3. The lowest BCUT2D eigenvalue weighted by molar-refractivity contribution is -0.143. The van der Waals surface area contributed by atoms with Crippen molar-refractivity contribution in [2.75, 3.05) is 30.4 Å². The molecule has 2 aromatic carbocycles. The van der Waals surface area contributed by atoms with Crippen LogP contribution in [0, 0.1) is 5.92 Å². The van der Waals surface area contributed by atoms with Crippen LogP contribution in [0.4, 0.5) is 22.2 Å². The molecule has 0 saturated carbocycles. The minimum atomic E-state index is -0.954. The van der Waals surface area contributed by atoms with Crippen molar-refractivity contribution in [1.29, 1.82) is 0 Å². The Hall–Kier alpha value is -6.92. The van der Waals surface area contributed by atoms with Crippen molar-refractivity contribution < 1.29 is 38.2 Å². The lowest BCUT2D eigenvalue weighted by Gasteiger charge is -2.26. The lowest BCUT2D eigenvalue weighted by Crippen LogP contribution is -2.54. The Morgan fingerprint density at radius 1 is 0.783 bits per heavy atom. The van der Waals surface area contributed by atoms with Crippen molar-refractivity contribution in [2.45, 2.75) is 91.0 Å². The summed E-state index contributed by atoms with van der Waals surface area (Å²) < 4.78 is 10.2. The molecule has 9 N–H and O–H groups in total. The van der Waals surface area contributed by atoms with E-state index in [2.05, 4.69) is 46.5 Å². The van der Waals surface area contributed by atoms with Crippen molar-refractivity contribution in [3.63, 3.8) is 0 Å². The van der Waals surface area contributed by atoms with E-state index in [-0.39, 0.29) is 36.6 Å². The highest BCUT2D eigenvalue weighted by Crippen LogP contribution is 2.17. The molecule has 19 nitrogen and oxygen atoms in total. The standard InChI is InChI=1S/C41H53N11O8/c1-22(2)30(50-40(58)60-41(4,5)6)37(56)46-23(3)34(53)48-27-18-15-25(16-19-27)35(54)44-20-8-9-29(38(57)59-7)49-36(55)26-13-10-24(11-14-26)12-17-28-21-45-33-31(47-28)32(42)51-39(43)52-33/h10-11,13-16,18-19,21-23,29-30H,8-9,12,17,20H2,1-7H3,(H,44,54)(H,46,56)(H,48,53)(H,49,55)(H,50,58)(H4,42,43,45,51,52)/t23-,29-,30-/m0/s1. The van der Waals surface area contributed by atoms with Gasteiger partial charge in [-0.15, -0.1) is 0 Å². The molecule has 0 bridgehead atoms. The smallest absolute Gasteiger partial charge is 0.408 e. The zero-order valence-corrected chi connectivity index (χ0v) is 34.8. The monoisotopic (exact) mass is 827 g/mol. The summed E-state index contributed by atoms with van der Waals surface area (Å²) in [5.74, 6) is -2.65. The average molecular weight is 828 g/mol. The Balaban J connectivity index is 1.21. The molecule has 320 valence electrons. The number of nitrogen functional groups attached to an aromatic ring is 2. The van der Waals surface area contributed by atoms with E-state index in [9.17, 15) is 28.8 Å². The zero-order valence-electron chi connectivity index (χ0n) is 34.8. The number of fused-ring (bicyclic) bond motifs is 1. The maximum atomic E-state index is 13.1. The Morgan fingerprint density at radius 3 is 2.07 bits per heavy atom. The number of hydrogen-bond acceptors (Lipinski definition) is 14. The number of alkyl carbamates (subject to hydrolysis) is 1. The van der Waals surface area contributed by atoms with E-state index < -0.39 is 53.5 Å². The van der Waals surface area contributed by atoms with Gasteiger partial charge in [0.1, 0.15) is 23.7 Å². The van der Waals surface area contributed by atoms with Gasteiger partial charge in [0.2, 0.25) is 17.8 Å². The SMILES string of the molecule is COC(=O)[C@H](CCCNC(=O)c1ccc(NC(=O)[C@H](C)NC(=O)[C@@H](NC(=O)OC(C)(C)C)C(C)C)cc1)NC(=O)c1ccc(CCc2cnc3nc(N)nc(N)c3n2)cc1. The van der Waals surface area contributed by atoms with Crippen molar-refractivity contribution in [3.05, 3.63) is 77.1 Å². The normalized spacial score (nSPS) is 12.7. The van der Waals surface area contributed by atoms with Crippen LogP contribution in [0.2, 0.25) is 0 Å². The summed E-state index contributed by atoms with van der Waals surface area (Å²) in [6.45, 7) is 10.3. The van der Waals surface area contributed by atoms with E-state index in [0.29, 0.717) is 52.9 Å². The first-order chi connectivity index (χ1) is 28.3. The van der Waals surface area contributed by atoms with Crippen LogP contribution < -0.4 is 38.1 Å². The van der Waals surface area contributed by atoms with Crippen LogP contribution in [-0.4, -0.2) is 93.0 Å². The second-order valence-electron chi connectivity index (χ2n) is 15.3. The molecule has 19 heteroatoms. The highest BCUT2D eigenvalue weighted by molar-refractivity contribution is 5.99. The molecule has 0 aliphatic heterocycles. The molecule has 0 saturated heterocycles. The van der Waals surface area contributed by atoms with Gasteiger partial charge < -0.3 is 47.5 Å². The minimum absolute atomic E-state index is 0.0201. The van der Waals surface area contributed by atoms with Crippen LogP contribution in [-0.2, 0) is 36.7 Å². The number of aryl methyl sites for hydroxylation is 2. The van der Waals surface area contributed by atoms with Crippen LogP contribution in [0.1, 0.15) is 86.4 Å². The maximum absolute atomic E-state index is 13.1. The molecule has 5 amide bonds. The summed E-state index contributed by atoms with van der Waals surface area (Å²) in [4.78, 5) is 93.2. The number of benzene rings is 2. The van der Waals surface area contributed by atoms with Gasteiger partial charge in [-0.25, -0.2) is 19.6 Å². The van der Waals surface area contributed by atoms with E-state index in [1.807, 2.05) is 12.1 Å². The number of aromatic nitrogens is 4. The first-order valence-electron chi connectivity index (χ1n) is 19.3. The van der Waals surface area contributed by atoms with Crippen LogP contribution in [0.25, 0.3) is 11.2 Å². The maximum Gasteiger partial charge on any atom is 0.408 e. The molecule has 4 aromatic rings. The van der Waals surface area contributed by atoms with Crippen molar-refractivity contribution in [1.82, 2.24) is 41.2 Å². The zero-order chi connectivity index (χ0) is 44.1. The van der Waals surface area contributed by atoms with Gasteiger partial charge in [-0.3, -0.25) is 19.2 Å². The predicted molar refractivity (Wildman–Crippen MR) is 223 cm³/mol. The van der Waals surface area contributed by atoms with Gasteiger partial charge in [-0.05, 0) is 101 Å². The molecule has 60 heavy (non-hydrogen) atoms. The van der Waals surface area contributed by atoms with Crippen molar-refractivity contribution in [2.24, 2.45) is 5.92 Å². The number of hydrogen-bond donors (Lipinski definition) is 7. The summed E-state index contributed by atoms with van der Waals surface area (Å²) >= 11 is 0. The number of nitrogens with one attached hydrogen (secondary N) is 5. The Bertz CT molecular complexity index is 2170. The predicted octanol–water partition coefficient (Wildman–Crippen LogP) is 2.84. The summed E-state index contributed by atoms with van der Waals surface area (Å²) in [6.07, 6.45) is 2.54. The Morgan fingerprint density at radius 2 is 1.43 bits per heavy atom. The Kier molecular flexibility index (Phi) is 15.8. The summed E-state index contributed by atoms with van der Waals surface area (Å²) in [5, 5.41) is 13.4. The average Bonchev–Trinajstić information content (AvgIpc) is 3.19. The fourth-order valence-electron chi connectivity index (χ4n) is 5.74.